The second-order valence-electron chi connectivity index (χ2n) is 3.01. The third-order valence-electron chi connectivity index (χ3n) is 1.78. The van der Waals surface area contributed by atoms with Crippen LogP contribution in [0.25, 0.3) is 0 Å². The van der Waals surface area contributed by atoms with Crippen molar-refractivity contribution in [2.75, 3.05) is 0 Å². The average molecular weight is 288 g/mol. The van der Waals surface area contributed by atoms with Crippen LogP contribution in [-0.4, -0.2) is 11.9 Å². The van der Waals surface area contributed by atoms with Crippen LogP contribution in [0.5, 0.6) is 0 Å². The van der Waals surface area contributed by atoms with Crippen molar-refractivity contribution in [3.05, 3.63) is 28.0 Å². The molecule has 5 nitrogen and oxygen atoms in total. The first-order chi connectivity index (χ1) is 7.41. The van der Waals surface area contributed by atoms with E-state index in [0.717, 1.165) is 0 Å². The summed E-state index contributed by atoms with van der Waals surface area (Å²) in [6, 6.07) is 2.77. The second-order valence-corrected chi connectivity index (χ2v) is 3.81. The van der Waals surface area contributed by atoms with Crippen molar-refractivity contribution in [3.63, 3.8) is 0 Å². The van der Waals surface area contributed by atoms with Gasteiger partial charge in [-0.1, -0.05) is 0 Å². The SMILES string of the molecule is Cc1c(F)ccc(N=C(N)N=C(N)N)c1Br. The summed E-state index contributed by atoms with van der Waals surface area (Å²) in [6.45, 7) is 1.62. The molecule has 0 aromatic heterocycles. The molecule has 1 aromatic rings. The molecule has 0 bridgehead atoms. The lowest BCUT2D eigenvalue weighted by molar-refractivity contribution is 0.617. The number of hydrogen-bond donors (Lipinski definition) is 3. The van der Waals surface area contributed by atoms with Crippen LogP contribution < -0.4 is 17.2 Å². The Hall–Kier alpha value is -1.63. The van der Waals surface area contributed by atoms with E-state index in [0.29, 0.717) is 15.7 Å². The first-order valence-corrected chi connectivity index (χ1v) is 5.09. The number of guanidine groups is 2. The maximum Gasteiger partial charge on any atom is 0.223 e. The van der Waals surface area contributed by atoms with Crippen molar-refractivity contribution in [3.8, 4) is 0 Å². The van der Waals surface area contributed by atoms with E-state index in [1.54, 1.807) is 6.92 Å². The summed E-state index contributed by atoms with van der Waals surface area (Å²) in [5.41, 5.74) is 16.6. The topological polar surface area (TPSA) is 103 Å². The number of benzene rings is 1. The Morgan fingerprint density at radius 3 is 2.50 bits per heavy atom. The molecule has 0 saturated carbocycles. The summed E-state index contributed by atoms with van der Waals surface area (Å²) in [6.07, 6.45) is 0. The fraction of sp³-hybridized carbons (Fsp3) is 0.111. The van der Waals surface area contributed by atoms with Crippen LogP contribution in [0.4, 0.5) is 10.1 Å². The third kappa shape index (κ3) is 2.93. The molecule has 0 spiro atoms. The molecule has 0 radical (unpaired) electrons. The van der Waals surface area contributed by atoms with E-state index in [1.807, 2.05) is 0 Å². The van der Waals surface area contributed by atoms with Gasteiger partial charge in [-0.3, -0.25) is 0 Å². The van der Waals surface area contributed by atoms with Gasteiger partial charge in [-0.15, -0.1) is 0 Å². The highest BCUT2D eigenvalue weighted by Crippen LogP contribution is 2.30. The number of hydrogen-bond acceptors (Lipinski definition) is 1. The maximum atomic E-state index is 13.1. The molecule has 7 heteroatoms. The highest BCUT2D eigenvalue weighted by atomic mass is 79.9. The molecular formula is C9H11BrFN5. The first-order valence-electron chi connectivity index (χ1n) is 4.30. The Kier molecular flexibility index (Phi) is 3.83. The fourth-order valence-electron chi connectivity index (χ4n) is 1.01. The standard InChI is InChI=1S/C9H11BrFN5/c1-4-5(11)2-3-6(7(4)10)15-9(14)16-8(12)13/h2-3H,1H3,(H6,12,13,14,15,16). The van der Waals surface area contributed by atoms with E-state index in [9.17, 15) is 4.39 Å². The summed E-state index contributed by atoms with van der Waals surface area (Å²) >= 11 is 3.21. The lowest BCUT2D eigenvalue weighted by Gasteiger charge is -2.03. The van der Waals surface area contributed by atoms with E-state index < -0.39 is 0 Å². The quantitative estimate of drug-likeness (QED) is 0.533. The van der Waals surface area contributed by atoms with Crippen LogP contribution in [-0.2, 0) is 0 Å². The number of rotatable bonds is 1. The average Bonchev–Trinajstić information content (AvgIpc) is 2.18. The lowest BCUT2D eigenvalue weighted by atomic mass is 10.2. The Morgan fingerprint density at radius 1 is 1.31 bits per heavy atom. The molecule has 16 heavy (non-hydrogen) atoms. The van der Waals surface area contributed by atoms with E-state index in [2.05, 4.69) is 25.9 Å². The van der Waals surface area contributed by atoms with Crippen LogP contribution >= 0.6 is 15.9 Å². The van der Waals surface area contributed by atoms with Crippen molar-refractivity contribution in [1.29, 1.82) is 0 Å². The van der Waals surface area contributed by atoms with Gasteiger partial charge in [0.2, 0.25) is 5.96 Å². The van der Waals surface area contributed by atoms with Gasteiger partial charge >= 0.3 is 0 Å². The molecule has 0 aliphatic rings. The van der Waals surface area contributed by atoms with Gasteiger partial charge in [0.25, 0.3) is 0 Å². The molecule has 0 atom stereocenters. The lowest BCUT2D eigenvalue weighted by Crippen LogP contribution is -2.26. The summed E-state index contributed by atoms with van der Waals surface area (Å²) in [5.74, 6) is -0.603. The number of aliphatic imine (C=N–C) groups is 2. The van der Waals surface area contributed by atoms with Gasteiger partial charge in [0, 0.05) is 10.0 Å². The molecule has 0 saturated heterocycles. The Morgan fingerprint density at radius 2 is 1.94 bits per heavy atom. The van der Waals surface area contributed by atoms with Gasteiger partial charge < -0.3 is 17.2 Å². The van der Waals surface area contributed by atoms with Crippen LogP contribution in [0.15, 0.2) is 26.6 Å². The minimum absolute atomic E-state index is 0.0910. The van der Waals surface area contributed by atoms with Crippen molar-refractivity contribution in [2.24, 2.45) is 27.2 Å². The summed E-state index contributed by atoms with van der Waals surface area (Å²) < 4.78 is 13.6. The zero-order valence-corrected chi connectivity index (χ0v) is 10.1. The molecule has 1 rings (SSSR count). The van der Waals surface area contributed by atoms with Crippen molar-refractivity contribution < 1.29 is 4.39 Å². The van der Waals surface area contributed by atoms with Gasteiger partial charge in [0.15, 0.2) is 5.96 Å². The van der Waals surface area contributed by atoms with Gasteiger partial charge in [-0.05, 0) is 35.0 Å². The molecule has 0 amide bonds. The fourth-order valence-corrected chi connectivity index (χ4v) is 1.42. The van der Waals surface area contributed by atoms with E-state index >= 15 is 0 Å². The molecule has 0 aliphatic heterocycles. The molecule has 0 aliphatic carbocycles. The van der Waals surface area contributed by atoms with Gasteiger partial charge in [0.1, 0.15) is 5.82 Å². The largest absolute Gasteiger partial charge is 0.370 e. The number of nitrogens with two attached hydrogens (primary N) is 3. The number of halogens is 2. The highest BCUT2D eigenvalue weighted by Gasteiger charge is 2.06. The summed E-state index contributed by atoms with van der Waals surface area (Å²) in [7, 11) is 0. The van der Waals surface area contributed by atoms with Crippen molar-refractivity contribution >= 4 is 33.5 Å². The van der Waals surface area contributed by atoms with Crippen LogP contribution in [0.3, 0.4) is 0 Å². The maximum absolute atomic E-state index is 13.1. The summed E-state index contributed by atoms with van der Waals surface area (Å²) in [4.78, 5) is 7.49. The first kappa shape index (κ1) is 12.4. The molecular weight excluding hydrogens is 277 g/mol. The second kappa shape index (κ2) is 4.93. The minimum atomic E-state index is -0.328. The third-order valence-corrected chi connectivity index (χ3v) is 2.78. The molecule has 0 heterocycles. The van der Waals surface area contributed by atoms with Gasteiger partial charge in [0.05, 0.1) is 5.69 Å². The van der Waals surface area contributed by atoms with Crippen LogP contribution in [0.2, 0.25) is 0 Å². The van der Waals surface area contributed by atoms with Crippen molar-refractivity contribution in [1.82, 2.24) is 0 Å². The van der Waals surface area contributed by atoms with Gasteiger partial charge in [-0.25, -0.2) is 9.38 Å². The van der Waals surface area contributed by atoms with Crippen LogP contribution in [0.1, 0.15) is 5.56 Å². The van der Waals surface area contributed by atoms with Crippen molar-refractivity contribution in [2.45, 2.75) is 6.92 Å². The number of nitrogens with zero attached hydrogens (tertiary/aromatic N) is 2. The molecule has 1 aromatic carbocycles. The summed E-state index contributed by atoms with van der Waals surface area (Å²) in [5, 5.41) is 0. The predicted octanol–water partition coefficient (Wildman–Crippen LogP) is 1.12. The molecule has 0 fully saturated rings. The van der Waals surface area contributed by atoms with E-state index in [4.69, 9.17) is 17.2 Å². The predicted molar refractivity (Wildman–Crippen MR) is 65.9 cm³/mol. The van der Waals surface area contributed by atoms with E-state index in [-0.39, 0.29) is 17.7 Å². The Labute approximate surface area is 100 Å². The molecule has 0 unspecified atom stereocenters. The van der Waals surface area contributed by atoms with Gasteiger partial charge in [-0.2, -0.15) is 4.99 Å². The van der Waals surface area contributed by atoms with E-state index in [1.165, 1.54) is 12.1 Å². The zero-order valence-electron chi connectivity index (χ0n) is 8.54. The van der Waals surface area contributed by atoms with Crippen LogP contribution in [0, 0.1) is 12.7 Å². The Balaban J connectivity index is 3.17. The smallest absolute Gasteiger partial charge is 0.223 e. The monoisotopic (exact) mass is 287 g/mol. The molecule has 86 valence electrons. The normalized spacial score (nSPS) is 11.3. The Bertz CT molecular complexity index is 465. The molecule has 6 N–H and O–H groups in total. The minimum Gasteiger partial charge on any atom is -0.370 e. The zero-order chi connectivity index (χ0) is 12.3. The highest BCUT2D eigenvalue weighted by molar-refractivity contribution is 9.10.